The molecule has 0 spiro atoms. The minimum Gasteiger partial charge on any atom is -0.394 e. The largest absolute Gasteiger partial charge is 0.394 e. The molecule has 2 atom stereocenters. The summed E-state index contributed by atoms with van der Waals surface area (Å²) < 4.78 is 12.5. The van der Waals surface area contributed by atoms with Crippen molar-refractivity contribution in [2.24, 2.45) is 16.9 Å². The van der Waals surface area contributed by atoms with E-state index >= 15 is 0 Å². The third-order valence-corrected chi connectivity index (χ3v) is 7.47. The molecule has 0 aliphatic heterocycles. The molecule has 0 radical (unpaired) electrons. The van der Waals surface area contributed by atoms with E-state index in [4.69, 9.17) is 27.6 Å². The lowest BCUT2D eigenvalue weighted by molar-refractivity contribution is 0.259. The highest BCUT2D eigenvalue weighted by molar-refractivity contribution is 7.99. The monoisotopic (exact) mass is 515 g/mol. The van der Waals surface area contributed by atoms with Crippen LogP contribution in [-0.4, -0.2) is 32.7 Å². The van der Waals surface area contributed by atoms with E-state index in [9.17, 15) is 9.67 Å². The number of hydrogen-bond acceptors (Lipinski definition) is 8. The Hall–Kier alpha value is -1.46. The molecule has 0 saturated heterocycles. The molecule has 1 aromatic carbocycles. The topological polar surface area (TPSA) is 152 Å². The van der Waals surface area contributed by atoms with Crippen LogP contribution in [0.4, 0.5) is 10.9 Å². The molecule has 0 bridgehead atoms. The van der Waals surface area contributed by atoms with Crippen LogP contribution in [0.3, 0.4) is 0 Å². The highest BCUT2D eigenvalue weighted by Crippen LogP contribution is 2.40. The van der Waals surface area contributed by atoms with Crippen molar-refractivity contribution in [3.63, 3.8) is 0 Å². The molecule has 7 N–H and O–H groups in total. The number of anilines is 2. The third-order valence-electron chi connectivity index (χ3n) is 4.45. The number of nitrogens with two attached hydrogens (primary N) is 2. The van der Waals surface area contributed by atoms with Crippen molar-refractivity contribution in [3.8, 4) is 0 Å². The van der Waals surface area contributed by atoms with Crippen LogP contribution in [0.1, 0.15) is 38.0 Å². The zero-order valence-electron chi connectivity index (χ0n) is 17.9. The maximum Gasteiger partial charge on any atom is 0.299 e. The predicted molar refractivity (Wildman–Crippen MR) is 134 cm³/mol. The third kappa shape index (κ3) is 6.77. The van der Waals surface area contributed by atoms with Crippen molar-refractivity contribution in [1.82, 2.24) is 15.0 Å². The van der Waals surface area contributed by atoms with E-state index in [0.29, 0.717) is 32.3 Å². The Morgan fingerprint density at radius 1 is 1.22 bits per heavy atom. The first-order valence-corrected chi connectivity index (χ1v) is 13.9. The number of aliphatic hydroxyl groups is 1. The molecule has 0 aliphatic carbocycles. The molecule has 13 heteroatoms. The molecule has 1 unspecified atom stereocenters. The van der Waals surface area contributed by atoms with Gasteiger partial charge in [0.1, 0.15) is 4.70 Å². The number of nitrogens with one attached hydrogen (secondary N) is 2. The number of aliphatic hydroxyl groups excluding tert-OH is 1. The quantitative estimate of drug-likeness (QED) is 0.144. The summed E-state index contributed by atoms with van der Waals surface area (Å²) in [7, 11) is -3.52. The van der Waals surface area contributed by atoms with Gasteiger partial charge in [-0.15, -0.1) is 0 Å². The van der Waals surface area contributed by atoms with Gasteiger partial charge in [-0.2, -0.15) is 4.98 Å². The lowest BCUT2D eigenvalue weighted by atomic mass is 10.0. The Morgan fingerprint density at radius 2 is 1.94 bits per heavy atom. The molecule has 9 nitrogen and oxygen atoms in total. The van der Waals surface area contributed by atoms with Gasteiger partial charge in [-0.1, -0.05) is 66.7 Å². The predicted octanol–water partition coefficient (Wildman–Crippen LogP) is 4.85. The summed E-state index contributed by atoms with van der Waals surface area (Å²) >= 11 is 8.99. The number of rotatable bonds is 10. The fourth-order valence-corrected chi connectivity index (χ4v) is 6.08. The van der Waals surface area contributed by atoms with Gasteiger partial charge in [-0.05, 0) is 30.9 Å². The van der Waals surface area contributed by atoms with Gasteiger partial charge in [0.2, 0.25) is 0 Å². The first kappa shape index (κ1) is 25.2. The van der Waals surface area contributed by atoms with Crippen LogP contribution < -0.4 is 21.4 Å². The summed E-state index contributed by atoms with van der Waals surface area (Å²) in [6.45, 7) is 6.14. The van der Waals surface area contributed by atoms with Crippen LogP contribution in [0.25, 0.3) is 10.3 Å². The van der Waals surface area contributed by atoms with E-state index in [1.54, 1.807) is 0 Å². The standard InChI is InChI=1S/C19H27ClN7O2PS2/c1-10(2)8-12(9-28)23-16-15-17(26-19(32-15)27-30(21,22)29)25-18(24-16)31-11(3)13-6-4-5-7-14(13)20/h4-7,10-12,28H,8-9H2,1-3H3,(H6,21,22,23,24,25,26,27,29)/t11?,12-/m1/s1. The summed E-state index contributed by atoms with van der Waals surface area (Å²) in [5, 5.41) is 17.1. The second-order valence-corrected chi connectivity index (χ2v) is 12.1. The van der Waals surface area contributed by atoms with Crippen LogP contribution in [0.15, 0.2) is 29.4 Å². The van der Waals surface area contributed by atoms with Crippen LogP contribution in [0, 0.1) is 5.92 Å². The molecule has 3 aromatic rings. The maximum atomic E-state index is 11.8. The Balaban J connectivity index is 1.99. The second-order valence-electron chi connectivity index (χ2n) is 7.78. The summed E-state index contributed by atoms with van der Waals surface area (Å²) in [5.41, 5.74) is 12.3. The van der Waals surface area contributed by atoms with Gasteiger partial charge in [-0.3, -0.25) is 20.7 Å². The lowest BCUT2D eigenvalue weighted by Crippen LogP contribution is -2.26. The Kier molecular flexibility index (Phi) is 8.37. The summed E-state index contributed by atoms with van der Waals surface area (Å²) in [6, 6.07) is 7.44. The van der Waals surface area contributed by atoms with Crippen LogP contribution in [-0.2, 0) is 4.57 Å². The fourth-order valence-electron chi connectivity index (χ4n) is 3.12. The van der Waals surface area contributed by atoms with Crippen molar-refractivity contribution >= 4 is 63.6 Å². The number of benzene rings is 1. The molecule has 2 heterocycles. The molecule has 0 aliphatic rings. The minimum absolute atomic E-state index is 0.0113. The number of thioether (sulfide) groups is 1. The average molecular weight is 516 g/mol. The molecule has 0 fully saturated rings. The van der Waals surface area contributed by atoms with Gasteiger partial charge in [0.05, 0.1) is 12.6 Å². The van der Waals surface area contributed by atoms with E-state index < -0.39 is 7.59 Å². The average Bonchev–Trinajstić information content (AvgIpc) is 3.08. The fraction of sp³-hybridized carbons (Fsp3) is 0.421. The molecule has 2 aromatic heterocycles. The minimum atomic E-state index is -3.52. The summed E-state index contributed by atoms with van der Waals surface area (Å²) in [6.07, 6.45) is 0.755. The lowest BCUT2D eigenvalue weighted by Gasteiger charge is -2.19. The van der Waals surface area contributed by atoms with Gasteiger partial charge in [0.15, 0.2) is 21.8 Å². The molecule has 174 valence electrons. The SMILES string of the molecule is CC(C)C[C@H](CO)Nc1nc(SC(C)c2ccccc2Cl)nc2nc(NP(N)(N)=O)sc12. The van der Waals surface area contributed by atoms with Crippen LogP contribution in [0.5, 0.6) is 0 Å². The van der Waals surface area contributed by atoms with E-state index in [2.05, 4.69) is 34.2 Å². The zero-order chi connectivity index (χ0) is 23.5. The number of halogens is 1. The highest BCUT2D eigenvalue weighted by Gasteiger charge is 2.21. The smallest absolute Gasteiger partial charge is 0.299 e. The van der Waals surface area contributed by atoms with Gasteiger partial charge in [0.25, 0.3) is 7.59 Å². The van der Waals surface area contributed by atoms with Crippen molar-refractivity contribution in [3.05, 3.63) is 34.9 Å². The number of aromatic nitrogens is 3. The molecule has 0 saturated carbocycles. The first-order valence-electron chi connectivity index (χ1n) is 9.98. The van der Waals surface area contributed by atoms with Gasteiger partial charge >= 0.3 is 0 Å². The van der Waals surface area contributed by atoms with Crippen LogP contribution in [0.2, 0.25) is 5.02 Å². The van der Waals surface area contributed by atoms with Crippen molar-refractivity contribution in [1.29, 1.82) is 0 Å². The summed E-state index contributed by atoms with van der Waals surface area (Å²) in [5.74, 6) is 0.920. The van der Waals surface area contributed by atoms with E-state index in [0.717, 1.165) is 12.0 Å². The van der Waals surface area contributed by atoms with E-state index in [1.165, 1.54) is 23.1 Å². The van der Waals surface area contributed by atoms with Gasteiger partial charge in [-0.25, -0.2) is 9.97 Å². The van der Waals surface area contributed by atoms with Gasteiger partial charge < -0.3 is 10.4 Å². The number of fused-ring (bicyclic) bond motifs is 1. The molecular formula is C19H27ClN7O2PS2. The van der Waals surface area contributed by atoms with E-state index in [1.807, 2.05) is 31.2 Å². The van der Waals surface area contributed by atoms with Gasteiger partial charge in [0, 0.05) is 10.3 Å². The van der Waals surface area contributed by atoms with Crippen LogP contribution >= 0.6 is 42.3 Å². The van der Waals surface area contributed by atoms with E-state index in [-0.39, 0.29) is 23.0 Å². The summed E-state index contributed by atoms with van der Waals surface area (Å²) in [4.78, 5) is 13.7. The number of nitrogens with zero attached hydrogens (tertiary/aromatic N) is 3. The maximum absolute atomic E-state index is 11.8. The van der Waals surface area contributed by atoms with Crippen molar-refractivity contribution < 1.29 is 9.67 Å². The normalized spacial score (nSPS) is 14.0. The van der Waals surface area contributed by atoms with Crippen molar-refractivity contribution in [2.45, 2.75) is 43.6 Å². The highest BCUT2D eigenvalue weighted by atomic mass is 35.5. The molecular weight excluding hydrogens is 489 g/mol. The Bertz CT molecular complexity index is 1120. The molecule has 3 rings (SSSR count). The van der Waals surface area contributed by atoms with Crippen molar-refractivity contribution in [2.75, 3.05) is 17.0 Å². The zero-order valence-corrected chi connectivity index (χ0v) is 21.2. The molecule has 0 amide bonds. The Morgan fingerprint density at radius 3 is 2.56 bits per heavy atom. The number of hydrogen-bond donors (Lipinski definition) is 5. The molecule has 32 heavy (non-hydrogen) atoms. The Labute approximate surface area is 200 Å². The first-order chi connectivity index (χ1) is 15.1. The number of thiazole rings is 1. The second kappa shape index (κ2) is 10.6.